The summed E-state index contributed by atoms with van der Waals surface area (Å²) in [7, 11) is 0. The van der Waals surface area contributed by atoms with Gasteiger partial charge in [-0.15, -0.1) is 0 Å². The monoisotopic (exact) mass is 329 g/mol. The van der Waals surface area contributed by atoms with E-state index in [0.29, 0.717) is 17.4 Å². The number of furan rings is 1. The normalized spacial score (nSPS) is 13.0. The molecule has 1 unspecified atom stereocenters. The van der Waals surface area contributed by atoms with Crippen LogP contribution in [0.1, 0.15) is 29.3 Å². The predicted molar refractivity (Wildman–Crippen MR) is 75.2 cm³/mol. The van der Waals surface area contributed by atoms with Crippen molar-refractivity contribution in [3.8, 4) is 0 Å². The Labute approximate surface area is 129 Å². The van der Waals surface area contributed by atoms with Gasteiger partial charge in [-0.1, -0.05) is 13.0 Å². The zero-order valence-corrected chi connectivity index (χ0v) is 12.1. The molecule has 0 bridgehead atoms. The van der Waals surface area contributed by atoms with Crippen molar-refractivity contribution >= 4 is 22.8 Å². The van der Waals surface area contributed by atoms with E-state index in [1.54, 1.807) is 18.2 Å². The van der Waals surface area contributed by atoms with Gasteiger partial charge >= 0.3 is 12.1 Å². The minimum atomic E-state index is -4.70. The first-order chi connectivity index (χ1) is 10.7. The minimum absolute atomic E-state index is 0.00345. The molecule has 0 aliphatic carbocycles. The SMILES string of the molecule is CCc1ccc2occ(C(=O)NC(CC(F)(F)F)C(=O)O)c2c1. The Morgan fingerprint density at radius 2 is 2.04 bits per heavy atom. The molecule has 1 aromatic carbocycles. The Morgan fingerprint density at radius 1 is 1.35 bits per heavy atom. The number of amides is 1. The predicted octanol–water partition coefficient (Wildman–Crippen LogP) is 3.13. The summed E-state index contributed by atoms with van der Waals surface area (Å²) in [5.74, 6) is -2.67. The number of aryl methyl sites for hydroxylation is 1. The molecule has 2 rings (SSSR count). The van der Waals surface area contributed by atoms with E-state index in [1.807, 2.05) is 12.2 Å². The summed E-state index contributed by atoms with van der Waals surface area (Å²) >= 11 is 0. The van der Waals surface area contributed by atoms with Gasteiger partial charge in [0.15, 0.2) is 0 Å². The minimum Gasteiger partial charge on any atom is -0.480 e. The van der Waals surface area contributed by atoms with Crippen LogP contribution in [0.3, 0.4) is 0 Å². The molecule has 1 heterocycles. The Kier molecular flexibility index (Phi) is 4.63. The second-order valence-corrected chi connectivity index (χ2v) is 5.02. The lowest BCUT2D eigenvalue weighted by Crippen LogP contribution is -2.43. The number of carbonyl (C=O) groups excluding carboxylic acids is 1. The van der Waals surface area contributed by atoms with E-state index >= 15 is 0 Å². The molecular weight excluding hydrogens is 315 g/mol. The number of fused-ring (bicyclic) bond motifs is 1. The van der Waals surface area contributed by atoms with Crippen LogP contribution in [-0.4, -0.2) is 29.2 Å². The van der Waals surface area contributed by atoms with E-state index in [1.165, 1.54) is 0 Å². The molecular formula is C15H14F3NO4. The maximum atomic E-state index is 12.4. The fourth-order valence-corrected chi connectivity index (χ4v) is 2.14. The fraction of sp³-hybridized carbons (Fsp3) is 0.333. The van der Waals surface area contributed by atoms with Gasteiger partial charge in [0.2, 0.25) is 0 Å². The van der Waals surface area contributed by atoms with Gasteiger partial charge in [-0.2, -0.15) is 13.2 Å². The van der Waals surface area contributed by atoms with Gasteiger partial charge in [0.25, 0.3) is 5.91 Å². The van der Waals surface area contributed by atoms with Crippen LogP contribution in [0.15, 0.2) is 28.9 Å². The molecule has 5 nitrogen and oxygen atoms in total. The Balaban J connectivity index is 2.27. The van der Waals surface area contributed by atoms with Crippen molar-refractivity contribution in [2.24, 2.45) is 0 Å². The summed E-state index contributed by atoms with van der Waals surface area (Å²) in [6.45, 7) is 1.91. The third-order valence-electron chi connectivity index (χ3n) is 3.33. The number of carboxylic acids is 1. The summed E-state index contributed by atoms with van der Waals surface area (Å²) < 4.78 is 42.3. The van der Waals surface area contributed by atoms with E-state index in [0.717, 1.165) is 11.8 Å². The number of hydrogen-bond donors (Lipinski definition) is 2. The van der Waals surface area contributed by atoms with Gasteiger partial charge in [0.05, 0.1) is 12.0 Å². The van der Waals surface area contributed by atoms with Crippen LogP contribution in [0.4, 0.5) is 13.2 Å². The molecule has 1 amide bonds. The van der Waals surface area contributed by atoms with Crippen LogP contribution in [0.2, 0.25) is 0 Å². The molecule has 2 aromatic rings. The maximum Gasteiger partial charge on any atom is 0.391 e. The second kappa shape index (κ2) is 6.31. The molecule has 0 fully saturated rings. The van der Waals surface area contributed by atoms with Gasteiger partial charge in [0, 0.05) is 5.39 Å². The number of carboxylic acid groups (broad SMARTS) is 1. The maximum absolute atomic E-state index is 12.4. The number of aliphatic carboxylic acids is 1. The van der Waals surface area contributed by atoms with Crippen LogP contribution in [-0.2, 0) is 11.2 Å². The van der Waals surface area contributed by atoms with Crippen molar-refractivity contribution in [2.75, 3.05) is 0 Å². The zero-order chi connectivity index (χ0) is 17.2. The summed E-state index contributed by atoms with van der Waals surface area (Å²) in [5.41, 5.74) is 1.32. The summed E-state index contributed by atoms with van der Waals surface area (Å²) in [6.07, 6.45) is -4.55. The molecule has 23 heavy (non-hydrogen) atoms. The molecule has 0 aliphatic heterocycles. The summed E-state index contributed by atoms with van der Waals surface area (Å²) in [6, 6.07) is 3.08. The summed E-state index contributed by atoms with van der Waals surface area (Å²) in [5, 5.41) is 11.2. The van der Waals surface area contributed by atoms with Gasteiger partial charge < -0.3 is 14.8 Å². The van der Waals surface area contributed by atoms with E-state index in [4.69, 9.17) is 9.52 Å². The van der Waals surface area contributed by atoms with Gasteiger partial charge in [-0.25, -0.2) is 4.79 Å². The van der Waals surface area contributed by atoms with E-state index < -0.39 is 30.5 Å². The van der Waals surface area contributed by atoms with Crippen molar-refractivity contribution in [1.29, 1.82) is 0 Å². The highest BCUT2D eigenvalue weighted by Crippen LogP contribution is 2.25. The summed E-state index contributed by atoms with van der Waals surface area (Å²) in [4.78, 5) is 23.0. The highest BCUT2D eigenvalue weighted by Gasteiger charge is 2.36. The molecule has 0 aliphatic rings. The standard InChI is InChI=1S/C15H14F3NO4/c1-2-8-3-4-12-9(5-8)10(7-23-12)13(20)19-11(14(21)22)6-15(16,17)18/h3-5,7,11H,2,6H2,1H3,(H,19,20)(H,21,22). The number of alkyl halides is 3. The van der Waals surface area contributed by atoms with Gasteiger partial charge in [-0.3, -0.25) is 4.79 Å². The molecule has 0 radical (unpaired) electrons. The Hall–Kier alpha value is -2.51. The molecule has 124 valence electrons. The first-order valence-electron chi connectivity index (χ1n) is 6.82. The zero-order valence-electron chi connectivity index (χ0n) is 12.1. The van der Waals surface area contributed by atoms with Gasteiger partial charge in [0.1, 0.15) is 17.9 Å². The van der Waals surface area contributed by atoms with Crippen LogP contribution in [0.25, 0.3) is 11.0 Å². The van der Waals surface area contributed by atoms with Crippen molar-refractivity contribution in [3.05, 3.63) is 35.6 Å². The van der Waals surface area contributed by atoms with E-state index in [2.05, 4.69) is 0 Å². The van der Waals surface area contributed by atoms with Crippen molar-refractivity contribution in [1.82, 2.24) is 5.32 Å². The molecule has 0 spiro atoms. The smallest absolute Gasteiger partial charge is 0.391 e. The third-order valence-corrected chi connectivity index (χ3v) is 3.33. The first-order valence-corrected chi connectivity index (χ1v) is 6.82. The van der Waals surface area contributed by atoms with Crippen LogP contribution >= 0.6 is 0 Å². The molecule has 2 N–H and O–H groups in total. The average molecular weight is 329 g/mol. The molecule has 8 heteroatoms. The second-order valence-electron chi connectivity index (χ2n) is 5.02. The quantitative estimate of drug-likeness (QED) is 0.883. The first kappa shape index (κ1) is 16.9. The lowest BCUT2D eigenvalue weighted by atomic mass is 10.1. The molecule has 1 atom stereocenters. The number of nitrogens with one attached hydrogen (secondary N) is 1. The highest BCUT2D eigenvalue weighted by atomic mass is 19.4. The molecule has 1 aromatic heterocycles. The topological polar surface area (TPSA) is 79.5 Å². The number of benzene rings is 1. The van der Waals surface area contributed by atoms with Crippen LogP contribution in [0.5, 0.6) is 0 Å². The lowest BCUT2D eigenvalue weighted by Gasteiger charge is -2.15. The van der Waals surface area contributed by atoms with Crippen molar-refractivity contribution < 1.29 is 32.3 Å². The number of rotatable bonds is 5. The van der Waals surface area contributed by atoms with Crippen LogP contribution < -0.4 is 5.32 Å². The number of carbonyl (C=O) groups is 2. The van der Waals surface area contributed by atoms with E-state index in [9.17, 15) is 22.8 Å². The van der Waals surface area contributed by atoms with Crippen molar-refractivity contribution in [3.63, 3.8) is 0 Å². The molecule has 0 saturated carbocycles. The number of hydrogen-bond acceptors (Lipinski definition) is 3. The van der Waals surface area contributed by atoms with Gasteiger partial charge in [-0.05, 0) is 24.1 Å². The Bertz CT molecular complexity index is 736. The van der Waals surface area contributed by atoms with Crippen molar-refractivity contribution in [2.45, 2.75) is 32.0 Å². The molecule has 0 saturated heterocycles. The lowest BCUT2D eigenvalue weighted by molar-refractivity contribution is -0.157. The largest absolute Gasteiger partial charge is 0.480 e. The van der Waals surface area contributed by atoms with Crippen LogP contribution in [0, 0.1) is 0 Å². The third kappa shape index (κ3) is 4.02. The number of halogens is 3. The highest BCUT2D eigenvalue weighted by molar-refractivity contribution is 6.07. The Morgan fingerprint density at radius 3 is 2.61 bits per heavy atom. The fourth-order valence-electron chi connectivity index (χ4n) is 2.14. The van der Waals surface area contributed by atoms with E-state index in [-0.39, 0.29) is 5.56 Å². The average Bonchev–Trinajstić information content (AvgIpc) is 2.87.